The van der Waals surface area contributed by atoms with Crippen LogP contribution in [0.3, 0.4) is 0 Å². The number of carboxylic acid groups (broad SMARTS) is 4. The number of carbonyl (C=O) groups is 4. The van der Waals surface area contributed by atoms with Crippen LogP contribution >= 0.6 is 0 Å². The lowest BCUT2D eigenvalue weighted by molar-refractivity contribution is -0.148. The Hall–Kier alpha value is -2.37. The first-order valence-corrected chi connectivity index (χ1v) is 21.9. The Kier molecular flexibility index (Phi) is 13.6. The van der Waals surface area contributed by atoms with E-state index in [9.17, 15) is 34.2 Å². The number of carboxylic acids is 4. The first kappa shape index (κ1) is 36.7. The van der Waals surface area contributed by atoms with Crippen molar-refractivity contribution in [2.75, 3.05) is 0 Å². The van der Waals surface area contributed by atoms with E-state index in [0.29, 0.717) is 30.1 Å². The highest BCUT2D eigenvalue weighted by Crippen LogP contribution is 2.34. The van der Waals surface area contributed by atoms with Crippen molar-refractivity contribution in [3.63, 3.8) is 0 Å². The fourth-order valence-corrected chi connectivity index (χ4v) is 16.4. The number of hydrogen-bond acceptors (Lipinski definition) is 7. The molecule has 0 bridgehead atoms. The zero-order chi connectivity index (χ0) is 31.6. The molecule has 0 aliphatic rings. The highest BCUT2D eigenvalue weighted by Gasteiger charge is 2.56. The molecule has 11 nitrogen and oxygen atoms in total. The van der Waals surface area contributed by atoms with E-state index >= 15 is 0 Å². The summed E-state index contributed by atoms with van der Waals surface area (Å²) < 4.78 is 13.4. The minimum absolute atomic E-state index is 0.186. The third kappa shape index (κ3) is 12.2. The van der Waals surface area contributed by atoms with Crippen LogP contribution in [0.25, 0.3) is 0 Å². The fraction of sp³-hybridized carbons (Fsp3) is 0.630. The summed E-state index contributed by atoms with van der Waals surface area (Å²) in [6, 6.07) is 10.1. The van der Waals surface area contributed by atoms with Gasteiger partial charge in [-0.2, -0.15) is 0 Å². The van der Waals surface area contributed by atoms with Gasteiger partial charge in [-0.1, -0.05) is 43.2 Å². The van der Waals surface area contributed by atoms with Crippen LogP contribution in [0.1, 0.15) is 52.4 Å². The van der Waals surface area contributed by atoms with Gasteiger partial charge in [0.15, 0.2) is 16.6 Å². The van der Waals surface area contributed by atoms with Crippen molar-refractivity contribution in [2.45, 2.75) is 95.9 Å². The van der Waals surface area contributed by atoms with Gasteiger partial charge in [-0.15, -0.1) is 0 Å². The van der Waals surface area contributed by atoms with E-state index in [0.717, 1.165) is 0 Å². The van der Waals surface area contributed by atoms with Gasteiger partial charge in [0, 0.05) is 0 Å². The molecule has 0 heterocycles. The van der Waals surface area contributed by atoms with Crippen LogP contribution < -0.4 is 5.19 Å². The maximum atomic E-state index is 12.3. The molecule has 3 atom stereocenters. The smallest absolute Gasteiger partial charge is 0.390 e. The molecule has 0 radical (unpaired) electrons. The Bertz CT molecular complexity index is 1050. The highest BCUT2D eigenvalue weighted by atomic mass is 28.4. The normalized spacial score (nSPS) is 15.5. The predicted molar refractivity (Wildman–Crippen MR) is 160 cm³/mol. The van der Waals surface area contributed by atoms with Crippen LogP contribution in [0, 0.1) is 11.8 Å². The molecule has 5 N–H and O–H groups in total. The van der Waals surface area contributed by atoms with E-state index in [2.05, 4.69) is 0 Å². The van der Waals surface area contributed by atoms with Crippen molar-refractivity contribution in [1.29, 1.82) is 0 Å². The third-order valence-corrected chi connectivity index (χ3v) is 17.8. The molecule has 0 saturated heterocycles. The number of aliphatic carboxylic acids is 4. The second-order valence-corrected chi connectivity index (χ2v) is 24.4. The Labute approximate surface area is 245 Å². The molecule has 0 amide bonds. The maximum absolute atomic E-state index is 12.3. The second-order valence-electron chi connectivity index (χ2n) is 12.3. The van der Waals surface area contributed by atoms with Gasteiger partial charge in [0.25, 0.3) is 0 Å². The molecular weight excluding hydrogens is 585 g/mol. The minimum Gasteiger partial charge on any atom is -0.481 e. The molecule has 0 aromatic heterocycles. The molecule has 41 heavy (non-hydrogen) atoms. The van der Waals surface area contributed by atoms with E-state index in [1.54, 1.807) is 26.0 Å². The molecule has 232 valence electrons. The Morgan fingerprint density at radius 2 is 1.17 bits per heavy atom. The van der Waals surface area contributed by atoms with Crippen LogP contribution in [-0.4, -0.2) is 79.5 Å². The van der Waals surface area contributed by atoms with Crippen molar-refractivity contribution in [1.82, 2.24) is 0 Å². The molecule has 1 aromatic carbocycles. The molecular formula is C27H46O11Si3. The molecule has 3 unspecified atom stereocenters. The average molecular weight is 631 g/mol. The van der Waals surface area contributed by atoms with Gasteiger partial charge in [-0.3, -0.25) is 19.2 Å². The molecule has 0 saturated carbocycles. The van der Waals surface area contributed by atoms with Crippen molar-refractivity contribution in [2.24, 2.45) is 11.8 Å². The Morgan fingerprint density at radius 1 is 0.756 bits per heavy atom. The molecule has 0 spiro atoms. The van der Waals surface area contributed by atoms with E-state index in [-0.39, 0.29) is 12.8 Å². The van der Waals surface area contributed by atoms with Gasteiger partial charge < -0.3 is 33.8 Å². The van der Waals surface area contributed by atoms with Crippen molar-refractivity contribution in [3.05, 3.63) is 30.3 Å². The lowest BCUT2D eigenvalue weighted by Crippen LogP contribution is -2.72. The number of rotatable bonds is 20. The fourth-order valence-electron chi connectivity index (χ4n) is 5.05. The van der Waals surface area contributed by atoms with E-state index in [4.69, 9.17) is 18.8 Å². The quantitative estimate of drug-likeness (QED) is 0.131. The van der Waals surface area contributed by atoms with Gasteiger partial charge in [-0.25, -0.2) is 0 Å². The van der Waals surface area contributed by atoms with Crippen LogP contribution in [0.15, 0.2) is 30.3 Å². The summed E-state index contributed by atoms with van der Waals surface area (Å²) in [6.45, 7) is 11.4. The van der Waals surface area contributed by atoms with Crippen LogP contribution in [0.4, 0.5) is 0 Å². The summed E-state index contributed by atoms with van der Waals surface area (Å²) in [5.74, 6) is -6.59. The van der Waals surface area contributed by atoms with Gasteiger partial charge >= 0.3 is 32.4 Å². The molecule has 0 fully saturated rings. The largest absolute Gasteiger partial charge is 0.481 e. The first-order valence-electron chi connectivity index (χ1n) is 13.8. The van der Waals surface area contributed by atoms with Gasteiger partial charge in [0.1, 0.15) is 0 Å². The van der Waals surface area contributed by atoms with E-state index in [1.807, 2.05) is 44.4 Å². The first-order chi connectivity index (χ1) is 18.7. The monoisotopic (exact) mass is 630 g/mol. The summed E-state index contributed by atoms with van der Waals surface area (Å²) in [7, 11) is -8.98. The molecule has 0 aliphatic heterocycles. The zero-order valence-electron chi connectivity index (χ0n) is 24.9. The lowest BCUT2D eigenvalue weighted by Gasteiger charge is -2.47. The van der Waals surface area contributed by atoms with Crippen molar-refractivity contribution >= 4 is 54.3 Å². The topological polar surface area (TPSA) is 188 Å². The zero-order valence-corrected chi connectivity index (χ0v) is 27.9. The van der Waals surface area contributed by atoms with Crippen LogP contribution in [-0.2, 0) is 27.7 Å². The minimum atomic E-state index is -3.83. The average Bonchev–Trinajstić information content (AvgIpc) is 2.81. The third-order valence-electron chi connectivity index (χ3n) is 7.14. The van der Waals surface area contributed by atoms with Crippen LogP contribution in [0.2, 0.25) is 38.3 Å². The summed E-state index contributed by atoms with van der Waals surface area (Å²) in [6.07, 6.45) is 0.397. The SMILES string of the molecule is CC(C)(O[Si](C)(C)CCCC(CC(=O)O)C(=O)O)[Si](O)(O[Si](C)(C)CCCC(CC(=O)O)C(=O)O)c1ccccc1. The van der Waals surface area contributed by atoms with Gasteiger partial charge in [0.05, 0.1) is 29.9 Å². The summed E-state index contributed by atoms with van der Waals surface area (Å²) in [4.78, 5) is 57.4. The van der Waals surface area contributed by atoms with Gasteiger partial charge in [-0.05, 0) is 70.2 Å². The van der Waals surface area contributed by atoms with E-state index in [1.165, 1.54) is 0 Å². The standard InChI is InChI=1S/C27H46O11Si3/c1-27(2,37-39(3,4)16-10-12-20(25(32)33)18-23(28)29)41(36,22-14-8-7-9-15-22)38-40(5,6)17-11-13-21(26(34)35)19-24(30)31/h7-9,14-15,20-21,36H,10-13,16-19H2,1-6H3,(H,28,29)(H,30,31)(H,32,33)(H,34,35). The summed E-state index contributed by atoms with van der Waals surface area (Å²) in [5, 5.41) is 36.3. The number of hydrogen-bond donors (Lipinski definition) is 5. The maximum Gasteiger partial charge on any atom is 0.390 e. The summed E-state index contributed by atoms with van der Waals surface area (Å²) in [5.41, 5.74) is 0. The number of benzene rings is 1. The molecule has 1 aromatic rings. The highest BCUT2D eigenvalue weighted by molar-refractivity contribution is 6.91. The Morgan fingerprint density at radius 3 is 1.56 bits per heavy atom. The summed E-state index contributed by atoms with van der Waals surface area (Å²) >= 11 is 0. The Balaban J connectivity index is 3.11. The molecule has 1 rings (SSSR count). The van der Waals surface area contributed by atoms with E-state index < -0.39 is 79.0 Å². The second kappa shape index (κ2) is 15.2. The lowest BCUT2D eigenvalue weighted by atomic mass is 10.0. The van der Waals surface area contributed by atoms with Crippen LogP contribution in [0.5, 0.6) is 0 Å². The predicted octanol–water partition coefficient (Wildman–Crippen LogP) is 4.00. The van der Waals surface area contributed by atoms with Gasteiger partial charge in [0.2, 0.25) is 0 Å². The van der Waals surface area contributed by atoms with Crippen molar-refractivity contribution < 1.29 is 52.9 Å². The van der Waals surface area contributed by atoms with Crippen molar-refractivity contribution in [3.8, 4) is 0 Å². The molecule has 0 aliphatic carbocycles. The molecule has 14 heteroatoms.